The van der Waals surface area contributed by atoms with Gasteiger partial charge in [0.2, 0.25) is 5.91 Å². The van der Waals surface area contributed by atoms with Crippen molar-refractivity contribution in [3.05, 3.63) is 59.4 Å². The minimum absolute atomic E-state index is 0.0877. The lowest BCUT2D eigenvalue weighted by molar-refractivity contribution is -0.121. The number of halogens is 1. The molecule has 5 nitrogen and oxygen atoms in total. The zero-order chi connectivity index (χ0) is 20.8. The topological polar surface area (TPSA) is 44.8 Å². The molecule has 0 saturated carbocycles. The van der Waals surface area contributed by atoms with Gasteiger partial charge < -0.3 is 19.9 Å². The zero-order valence-electron chi connectivity index (χ0n) is 17.5. The van der Waals surface area contributed by atoms with Crippen LogP contribution < -0.4 is 15.0 Å². The lowest BCUT2D eigenvalue weighted by Crippen LogP contribution is -2.45. The zero-order valence-corrected chi connectivity index (χ0v) is 17.5. The first kappa shape index (κ1) is 21.1. The summed E-state index contributed by atoms with van der Waals surface area (Å²) in [7, 11) is 2.10. The van der Waals surface area contributed by atoms with Gasteiger partial charge in [-0.3, -0.25) is 4.79 Å². The van der Waals surface area contributed by atoms with E-state index in [4.69, 9.17) is 4.74 Å². The van der Waals surface area contributed by atoms with Crippen LogP contribution in [0.4, 0.5) is 10.1 Å². The van der Waals surface area contributed by atoms with Gasteiger partial charge in [-0.25, -0.2) is 4.39 Å². The van der Waals surface area contributed by atoms with Gasteiger partial charge >= 0.3 is 0 Å². The molecule has 0 bridgehead atoms. The Balaban J connectivity index is 1.67. The van der Waals surface area contributed by atoms with E-state index in [2.05, 4.69) is 22.2 Å². The van der Waals surface area contributed by atoms with E-state index in [1.807, 2.05) is 44.2 Å². The molecule has 0 spiro atoms. The SMILES string of the molecule is CCOc1ccc(CC(=O)NC(C)c2cc(F)ccc2N2CCN(C)CC2)cc1. The average molecular weight is 400 g/mol. The number of benzene rings is 2. The molecule has 1 heterocycles. The van der Waals surface area contributed by atoms with Crippen molar-refractivity contribution in [1.82, 2.24) is 10.2 Å². The van der Waals surface area contributed by atoms with Gasteiger partial charge in [-0.2, -0.15) is 0 Å². The summed E-state index contributed by atoms with van der Waals surface area (Å²) in [5, 5.41) is 3.03. The van der Waals surface area contributed by atoms with E-state index < -0.39 is 0 Å². The highest BCUT2D eigenvalue weighted by Gasteiger charge is 2.21. The van der Waals surface area contributed by atoms with Crippen molar-refractivity contribution >= 4 is 11.6 Å². The summed E-state index contributed by atoms with van der Waals surface area (Å²) in [5.74, 6) is 0.419. The first-order valence-electron chi connectivity index (χ1n) is 10.2. The number of nitrogens with zero attached hydrogens (tertiary/aromatic N) is 2. The summed E-state index contributed by atoms with van der Waals surface area (Å²) in [6.45, 7) is 8.17. The predicted molar refractivity (Wildman–Crippen MR) is 114 cm³/mol. The van der Waals surface area contributed by atoms with Gasteiger partial charge in [0.05, 0.1) is 19.1 Å². The fourth-order valence-electron chi connectivity index (χ4n) is 3.63. The number of carbonyl (C=O) groups is 1. The Morgan fingerprint density at radius 1 is 1.14 bits per heavy atom. The van der Waals surface area contributed by atoms with Gasteiger partial charge in [-0.1, -0.05) is 12.1 Å². The Labute approximate surface area is 172 Å². The van der Waals surface area contributed by atoms with E-state index in [1.165, 1.54) is 12.1 Å². The first-order valence-corrected chi connectivity index (χ1v) is 10.2. The Morgan fingerprint density at radius 2 is 1.83 bits per heavy atom. The molecular weight excluding hydrogens is 369 g/mol. The van der Waals surface area contributed by atoms with Crippen molar-refractivity contribution < 1.29 is 13.9 Å². The summed E-state index contributed by atoms with van der Waals surface area (Å²) >= 11 is 0. The third-order valence-corrected chi connectivity index (χ3v) is 5.28. The van der Waals surface area contributed by atoms with Crippen LogP contribution in [0.5, 0.6) is 5.75 Å². The molecule has 2 aromatic carbocycles. The van der Waals surface area contributed by atoms with E-state index in [1.54, 1.807) is 0 Å². The minimum atomic E-state index is -0.287. The Kier molecular flexibility index (Phi) is 7.09. The van der Waals surface area contributed by atoms with Crippen LogP contribution in [0.15, 0.2) is 42.5 Å². The van der Waals surface area contributed by atoms with Crippen LogP contribution in [0, 0.1) is 5.82 Å². The number of carbonyl (C=O) groups excluding carboxylic acids is 1. The van der Waals surface area contributed by atoms with Crippen molar-refractivity contribution in [1.29, 1.82) is 0 Å². The largest absolute Gasteiger partial charge is 0.494 e. The first-order chi connectivity index (χ1) is 14.0. The number of anilines is 1. The third kappa shape index (κ3) is 5.70. The molecule has 1 unspecified atom stereocenters. The summed E-state index contributed by atoms with van der Waals surface area (Å²) in [4.78, 5) is 17.1. The van der Waals surface area contributed by atoms with Gasteiger partial charge in [0.25, 0.3) is 0 Å². The molecule has 2 aromatic rings. The molecule has 1 fully saturated rings. The number of likely N-dealkylation sites (N-methyl/N-ethyl adjacent to an activating group) is 1. The molecule has 0 aliphatic carbocycles. The second-order valence-electron chi connectivity index (χ2n) is 7.54. The molecule has 0 aromatic heterocycles. The van der Waals surface area contributed by atoms with Crippen molar-refractivity contribution in [3.63, 3.8) is 0 Å². The molecule has 156 valence electrons. The van der Waals surface area contributed by atoms with Crippen LogP contribution >= 0.6 is 0 Å². The molecule has 1 aliphatic rings. The van der Waals surface area contributed by atoms with E-state index >= 15 is 0 Å². The highest BCUT2D eigenvalue weighted by molar-refractivity contribution is 5.79. The van der Waals surface area contributed by atoms with Crippen LogP contribution in [0.2, 0.25) is 0 Å². The van der Waals surface area contributed by atoms with Crippen molar-refractivity contribution in [2.45, 2.75) is 26.3 Å². The summed E-state index contributed by atoms with van der Waals surface area (Å²) in [6.07, 6.45) is 0.274. The number of nitrogens with one attached hydrogen (secondary N) is 1. The smallest absolute Gasteiger partial charge is 0.224 e. The predicted octanol–water partition coefficient (Wildman–Crippen LogP) is 3.40. The molecule has 1 saturated heterocycles. The van der Waals surface area contributed by atoms with Crippen LogP contribution in [0.3, 0.4) is 0 Å². The maximum absolute atomic E-state index is 14.0. The molecule has 0 radical (unpaired) electrons. The van der Waals surface area contributed by atoms with Crippen LogP contribution in [-0.4, -0.2) is 50.6 Å². The normalized spacial score (nSPS) is 15.8. The second-order valence-corrected chi connectivity index (χ2v) is 7.54. The number of hydrogen-bond acceptors (Lipinski definition) is 4. The molecule has 1 aliphatic heterocycles. The van der Waals surface area contributed by atoms with Crippen molar-refractivity contribution in [2.75, 3.05) is 44.7 Å². The van der Waals surface area contributed by atoms with E-state index in [-0.39, 0.29) is 24.2 Å². The van der Waals surface area contributed by atoms with Gasteiger partial charge in [0.1, 0.15) is 11.6 Å². The number of piperazine rings is 1. The molecule has 3 rings (SSSR count). The molecular formula is C23H30FN3O2. The van der Waals surface area contributed by atoms with Crippen molar-refractivity contribution in [2.24, 2.45) is 0 Å². The maximum atomic E-state index is 14.0. The minimum Gasteiger partial charge on any atom is -0.494 e. The molecule has 1 N–H and O–H groups in total. The number of amides is 1. The van der Waals surface area contributed by atoms with E-state index in [9.17, 15) is 9.18 Å². The van der Waals surface area contributed by atoms with Crippen molar-refractivity contribution in [3.8, 4) is 5.75 Å². The average Bonchev–Trinajstić information content (AvgIpc) is 2.70. The maximum Gasteiger partial charge on any atom is 0.224 e. The molecule has 1 amide bonds. The Bertz CT molecular complexity index is 817. The molecule has 6 heteroatoms. The third-order valence-electron chi connectivity index (χ3n) is 5.28. The van der Waals surface area contributed by atoms with E-state index in [0.29, 0.717) is 6.61 Å². The van der Waals surface area contributed by atoms with Gasteiger partial charge in [0.15, 0.2) is 0 Å². The molecule has 29 heavy (non-hydrogen) atoms. The van der Waals surface area contributed by atoms with Crippen LogP contribution in [0.25, 0.3) is 0 Å². The molecule has 1 atom stereocenters. The van der Waals surface area contributed by atoms with Gasteiger partial charge in [0, 0.05) is 37.4 Å². The summed E-state index contributed by atoms with van der Waals surface area (Å²) in [6, 6.07) is 12.1. The van der Waals surface area contributed by atoms with Crippen LogP contribution in [0.1, 0.15) is 31.0 Å². The van der Waals surface area contributed by atoms with Gasteiger partial charge in [-0.15, -0.1) is 0 Å². The number of hydrogen-bond donors (Lipinski definition) is 1. The second kappa shape index (κ2) is 9.74. The summed E-state index contributed by atoms with van der Waals surface area (Å²) < 4.78 is 19.4. The van der Waals surface area contributed by atoms with E-state index in [0.717, 1.165) is 48.7 Å². The fourth-order valence-corrected chi connectivity index (χ4v) is 3.63. The van der Waals surface area contributed by atoms with Gasteiger partial charge in [-0.05, 0) is 56.8 Å². The lowest BCUT2D eigenvalue weighted by Gasteiger charge is -2.36. The number of ether oxygens (including phenoxy) is 1. The fraction of sp³-hybridized carbons (Fsp3) is 0.435. The highest BCUT2D eigenvalue weighted by atomic mass is 19.1. The standard InChI is InChI=1S/C23H30FN3O2/c1-4-29-20-8-5-18(6-9-20)15-23(28)25-17(2)21-16-19(24)7-10-22(21)27-13-11-26(3)12-14-27/h5-10,16-17H,4,11-15H2,1-3H3,(H,25,28). The van der Waals surface area contributed by atoms with Crippen LogP contribution in [-0.2, 0) is 11.2 Å². The number of rotatable bonds is 7. The quantitative estimate of drug-likeness (QED) is 0.775. The monoisotopic (exact) mass is 399 g/mol. The summed E-state index contributed by atoms with van der Waals surface area (Å²) in [5.41, 5.74) is 2.72. The Morgan fingerprint density at radius 3 is 2.48 bits per heavy atom. The lowest BCUT2D eigenvalue weighted by atomic mass is 10.0. The highest BCUT2D eigenvalue weighted by Crippen LogP contribution is 2.28. The Hall–Kier alpha value is -2.60.